The maximum Gasteiger partial charge on any atom is 0.258 e. The predicted octanol–water partition coefficient (Wildman–Crippen LogP) is 3.58. The molecule has 7 nitrogen and oxygen atoms in total. The van der Waals surface area contributed by atoms with Gasteiger partial charge in [0, 0.05) is 19.0 Å². The topological polar surface area (TPSA) is 92.7 Å². The first-order valence-corrected chi connectivity index (χ1v) is 10.4. The van der Waals surface area contributed by atoms with Crippen molar-refractivity contribution in [2.45, 2.75) is 44.6 Å². The van der Waals surface area contributed by atoms with Gasteiger partial charge in [-0.05, 0) is 25.0 Å². The number of benzene rings is 1. The van der Waals surface area contributed by atoms with Crippen LogP contribution >= 0.6 is 11.3 Å². The Morgan fingerprint density at radius 1 is 1.21 bits per heavy atom. The van der Waals surface area contributed by atoms with Crippen molar-refractivity contribution in [3.63, 3.8) is 0 Å². The smallest absolute Gasteiger partial charge is 0.258 e. The van der Waals surface area contributed by atoms with Crippen LogP contribution in [0.5, 0.6) is 17.4 Å². The number of carbonyl (C=O) groups excluding carboxylic acids is 1. The van der Waals surface area contributed by atoms with Crippen LogP contribution in [0.4, 0.5) is 5.13 Å². The lowest BCUT2D eigenvalue weighted by atomic mass is 9.96. The molecule has 2 aromatic rings. The zero-order valence-electron chi connectivity index (χ0n) is 16.3. The Morgan fingerprint density at radius 3 is 2.54 bits per heavy atom. The lowest BCUT2D eigenvalue weighted by molar-refractivity contribution is 0.0948. The van der Waals surface area contributed by atoms with Gasteiger partial charge in [-0.1, -0.05) is 36.7 Å². The fraction of sp³-hybridized carbons (Fsp3) is 0.500. The standard InChI is InChI=1S/C20H27N3O4S/c1-26-14-9-6-10-15(27-2)17(14)19(25)21-12-11-16-18(24)23-20(28-16)22-13-7-4-3-5-8-13/h6,9-10,13,24H,3-5,7-8,11-12H2,1-2H3,(H,21,25)(H,22,23). The fourth-order valence-corrected chi connectivity index (χ4v) is 4.37. The number of hydrogen-bond donors (Lipinski definition) is 3. The van der Waals surface area contributed by atoms with E-state index in [1.807, 2.05) is 0 Å². The normalized spacial score (nSPS) is 14.5. The monoisotopic (exact) mass is 405 g/mol. The van der Waals surface area contributed by atoms with Gasteiger partial charge in [-0.3, -0.25) is 4.79 Å². The lowest BCUT2D eigenvalue weighted by Gasteiger charge is -2.22. The summed E-state index contributed by atoms with van der Waals surface area (Å²) in [6.07, 6.45) is 6.56. The molecular formula is C20H27N3O4S. The van der Waals surface area contributed by atoms with Crippen LogP contribution in [0.2, 0.25) is 0 Å². The number of nitrogens with zero attached hydrogens (tertiary/aromatic N) is 1. The zero-order chi connectivity index (χ0) is 19.9. The van der Waals surface area contributed by atoms with Crippen molar-refractivity contribution in [2.75, 3.05) is 26.1 Å². The van der Waals surface area contributed by atoms with Crippen LogP contribution in [0.15, 0.2) is 18.2 Å². The van der Waals surface area contributed by atoms with Crippen molar-refractivity contribution in [3.8, 4) is 17.4 Å². The molecule has 1 saturated carbocycles. The molecule has 0 radical (unpaired) electrons. The Kier molecular flexibility index (Phi) is 6.97. The zero-order valence-corrected chi connectivity index (χ0v) is 17.1. The maximum atomic E-state index is 12.6. The molecule has 0 saturated heterocycles. The van der Waals surface area contributed by atoms with Crippen LogP contribution in [0, 0.1) is 0 Å². The van der Waals surface area contributed by atoms with E-state index in [1.54, 1.807) is 18.2 Å². The van der Waals surface area contributed by atoms with Crippen molar-refractivity contribution in [1.82, 2.24) is 10.3 Å². The molecule has 0 aliphatic heterocycles. The van der Waals surface area contributed by atoms with Gasteiger partial charge in [0.1, 0.15) is 17.1 Å². The second-order valence-corrected chi connectivity index (χ2v) is 7.87. The average molecular weight is 406 g/mol. The molecule has 0 atom stereocenters. The van der Waals surface area contributed by atoms with Gasteiger partial charge >= 0.3 is 0 Å². The van der Waals surface area contributed by atoms with Crippen LogP contribution in [0.1, 0.15) is 47.3 Å². The quantitative estimate of drug-likeness (QED) is 0.622. The van der Waals surface area contributed by atoms with E-state index in [0.29, 0.717) is 36.1 Å². The molecule has 8 heteroatoms. The van der Waals surface area contributed by atoms with E-state index in [-0.39, 0.29) is 11.8 Å². The summed E-state index contributed by atoms with van der Waals surface area (Å²) in [4.78, 5) is 17.6. The summed E-state index contributed by atoms with van der Waals surface area (Å²) in [5.41, 5.74) is 0.362. The van der Waals surface area contributed by atoms with Gasteiger partial charge in [0.05, 0.1) is 19.1 Å². The third kappa shape index (κ3) is 4.86. The molecule has 0 unspecified atom stereocenters. The first-order chi connectivity index (χ1) is 13.6. The molecule has 3 rings (SSSR count). The number of amides is 1. The Bertz CT molecular complexity index is 780. The largest absolute Gasteiger partial charge is 0.496 e. The second kappa shape index (κ2) is 9.64. The van der Waals surface area contributed by atoms with Gasteiger partial charge in [0.25, 0.3) is 5.91 Å². The molecule has 1 heterocycles. The summed E-state index contributed by atoms with van der Waals surface area (Å²) < 4.78 is 10.5. The van der Waals surface area contributed by atoms with Crippen LogP contribution in [-0.4, -0.2) is 42.8 Å². The maximum absolute atomic E-state index is 12.6. The molecule has 0 bridgehead atoms. The van der Waals surface area contributed by atoms with Crippen LogP contribution in [0.25, 0.3) is 0 Å². The lowest BCUT2D eigenvalue weighted by Crippen LogP contribution is -2.26. The van der Waals surface area contributed by atoms with E-state index in [1.165, 1.54) is 44.8 Å². The molecule has 1 amide bonds. The minimum Gasteiger partial charge on any atom is -0.496 e. The molecule has 28 heavy (non-hydrogen) atoms. The number of hydrogen-bond acceptors (Lipinski definition) is 7. The highest BCUT2D eigenvalue weighted by molar-refractivity contribution is 7.15. The van der Waals surface area contributed by atoms with E-state index in [9.17, 15) is 9.90 Å². The van der Waals surface area contributed by atoms with Gasteiger partial charge in [-0.25, -0.2) is 0 Å². The van der Waals surface area contributed by atoms with Gasteiger partial charge in [-0.15, -0.1) is 0 Å². The van der Waals surface area contributed by atoms with E-state index >= 15 is 0 Å². The van der Waals surface area contributed by atoms with Gasteiger partial charge in [0.2, 0.25) is 5.88 Å². The summed E-state index contributed by atoms with van der Waals surface area (Å²) in [5.74, 6) is 0.666. The predicted molar refractivity (Wildman–Crippen MR) is 110 cm³/mol. The van der Waals surface area contributed by atoms with Crippen molar-refractivity contribution in [1.29, 1.82) is 0 Å². The van der Waals surface area contributed by atoms with Gasteiger partial charge in [0.15, 0.2) is 5.13 Å². The van der Waals surface area contributed by atoms with Crippen LogP contribution in [-0.2, 0) is 6.42 Å². The minimum atomic E-state index is -0.279. The summed E-state index contributed by atoms with van der Waals surface area (Å²) >= 11 is 1.44. The number of carbonyl (C=O) groups is 1. The Hall–Kier alpha value is -2.48. The van der Waals surface area contributed by atoms with Crippen molar-refractivity contribution in [2.24, 2.45) is 0 Å². The SMILES string of the molecule is COc1cccc(OC)c1C(=O)NCCc1sc(NC2CCCCC2)nc1O. The third-order valence-corrected chi connectivity index (χ3v) is 5.94. The molecule has 3 N–H and O–H groups in total. The fourth-order valence-electron chi connectivity index (χ4n) is 3.44. The molecule has 1 aliphatic rings. The third-order valence-electron chi connectivity index (χ3n) is 4.90. The highest BCUT2D eigenvalue weighted by Crippen LogP contribution is 2.31. The summed E-state index contributed by atoms with van der Waals surface area (Å²) in [7, 11) is 3.03. The summed E-state index contributed by atoms with van der Waals surface area (Å²) in [5, 5.41) is 17.1. The van der Waals surface area contributed by atoms with E-state index in [2.05, 4.69) is 15.6 Å². The number of thiazole rings is 1. The highest BCUT2D eigenvalue weighted by atomic mass is 32.1. The van der Waals surface area contributed by atoms with Gasteiger partial charge in [-0.2, -0.15) is 4.98 Å². The number of aromatic nitrogens is 1. The van der Waals surface area contributed by atoms with Crippen LogP contribution < -0.4 is 20.1 Å². The molecule has 0 spiro atoms. The summed E-state index contributed by atoms with van der Waals surface area (Å²) in [6.45, 7) is 0.374. The Labute approximate surface area is 169 Å². The van der Waals surface area contributed by atoms with Gasteiger partial charge < -0.3 is 25.2 Å². The average Bonchev–Trinajstić information content (AvgIpc) is 3.06. The number of rotatable bonds is 8. The van der Waals surface area contributed by atoms with Crippen molar-refractivity contribution < 1.29 is 19.4 Å². The molecule has 1 aromatic heterocycles. The summed E-state index contributed by atoms with van der Waals surface area (Å²) in [6, 6.07) is 5.64. The molecule has 1 fully saturated rings. The Balaban J connectivity index is 1.57. The Morgan fingerprint density at radius 2 is 1.89 bits per heavy atom. The first-order valence-electron chi connectivity index (χ1n) is 9.56. The number of methoxy groups -OCH3 is 2. The van der Waals surface area contributed by atoms with Crippen molar-refractivity contribution >= 4 is 22.4 Å². The highest BCUT2D eigenvalue weighted by Gasteiger charge is 2.19. The molecule has 152 valence electrons. The van der Waals surface area contributed by atoms with Crippen LogP contribution in [0.3, 0.4) is 0 Å². The number of ether oxygens (including phenoxy) is 2. The van der Waals surface area contributed by atoms with E-state index in [0.717, 1.165) is 22.9 Å². The number of nitrogens with one attached hydrogen (secondary N) is 2. The van der Waals surface area contributed by atoms with Crippen molar-refractivity contribution in [3.05, 3.63) is 28.6 Å². The second-order valence-electron chi connectivity index (χ2n) is 6.79. The number of anilines is 1. The minimum absolute atomic E-state index is 0.0347. The molecular weight excluding hydrogens is 378 g/mol. The first kappa shape index (κ1) is 20.3. The molecule has 1 aliphatic carbocycles. The number of aromatic hydroxyl groups is 1. The van der Waals surface area contributed by atoms with E-state index in [4.69, 9.17) is 9.47 Å². The van der Waals surface area contributed by atoms with E-state index < -0.39 is 0 Å². The molecule has 1 aromatic carbocycles.